The molecule has 2 fully saturated rings. The molecule has 0 aromatic heterocycles. The summed E-state index contributed by atoms with van der Waals surface area (Å²) in [7, 11) is 0. The monoisotopic (exact) mass is 391 g/mol. The maximum absolute atomic E-state index is 13.1. The van der Waals surface area contributed by atoms with Crippen LogP contribution in [0, 0.1) is 5.92 Å². The predicted octanol–water partition coefficient (Wildman–Crippen LogP) is 4.35. The Bertz CT molecular complexity index is 856. The lowest BCUT2D eigenvalue weighted by Crippen LogP contribution is -2.33. The van der Waals surface area contributed by atoms with Crippen molar-refractivity contribution in [2.24, 2.45) is 5.92 Å². The van der Waals surface area contributed by atoms with E-state index in [1.165, 1.54) is 6.42 Å². The number of carbonyl (C=O) groups excluding carboxylic acids is 2. The molecule has 5 heteroatoms. The Morgan fingerprint density at radius 1 is 0.931 bits per heavy atom. The third-order valence-corrected chi connectivity index (χ3v) is 5.98. The maximum atomic E-state index is 13.1. The van der Waals surface area contributed by atoms with Gasteiger partial charge in [0.15, 0.2) is 0 Å². The van der Waals surface area contributed by atoms with Gasteiger partial charge >= 0.3 is 0 Å². The molecule has 2 aromatic rings. The molecule has 152 valence electrons. The Kier molecular flexibility index (Phi) is 6.13. The summed E-state index contributed by atoms with van der Waals surface area (Å²) in [6.45, 7) is 2.41. The van der Waals surface area contributed by atoms with Crippen molar-refractivity contribution in [3.05, 3.63) is 59.7 Å². The van der Waals surface area contributed by atoms with Gasteiger partial charge in [-0.2, -0.15) is 0 Å². The van der Waals surface area contributed by atoms with Crippen molar-refractivity contribution in [2.45, 2.75) is 45.1 Å². The number of anilines is 2. The van der Waals surface area contributed by atoms with Crippen molar-refractivity contribution < 1.29 is 9.59 Å². The molecule has 4 rings (SSSR count). The van der Waals surface area contributed by atoms with Gasteiger partial charge < -0.3 is 15.5 Å². The smallest absolute Gasteiger partial charge is 0.253 e. The second-order valence-corrected chi connectivity index (χ2v) is 8.06. The SMILES string of the molecule is O=C(NCc1ccccc1)c1cc(NC(=O)C2CCC2)ccc1N1CCCCC1. The molecule has 1 saturated heterocycles. The van der Waals surface area contributed by atoms with E-state index < -0.39 is 0 Å². The van der Waals surface area contributed by atoms with Gasteiger partial charge in [-0.3, -0.25) is 9.59 Å². The lowest BCUT2D eigenvalue weighted by atomic mass is 9.85. The first-order chi connectivity index (χ1) is 14.2. The molecule has 1 saturated carbocycles. The van der Waals surface area contributed by atoms with Crippen molar-refractivity contribution in [3.8, 4) is 0 Å². The Hall–Kier alpha value is -2.82. The van der Waals surface area contributed by atoms with Gasteiger partial charge in [-0.25, -0.2) is 0 Å². The van der Waals surface area contributed by atoms with Gasteiger partial charge in [0, 0.05) is 36.9 Å². The van der Waals surface area contributed by atoms with Crippen molar-refractivity contribution in [1.29, 1.82) is 0 Å². The lowest BCUT2D eigenvalue weighted by molar-refractivity contribution is -0.122. The molecule has 1 aliphatic carbocycles. The second-order valence-electron chi connectivity index (χ2n) is 8.06. The number of hydrogen-bond donors (Lipinski definition) is 2. The van der Waals surface area contributed by atoms with Crippen LogP contribution in [-0.4, -0.2) is 24.9 Å². The zero-order valence-corrected chi connectivity index (χ0v) is 16.8. The fourth-order valence-corrected chi connectivity index (χ4v) is 3.99. The number of nitrogens with one attached hydrogen (secondary N) is 2. The van der Waals surface area contributed by atoms with E-state index in [0.717, 1.165) is 56.4 Å². The summed E-state index contributed by atoms with van der Waals surface area (Å²) in [6.07, 6.45) is 6.57. The molecular weight excluding hydrogens is 362 g/mol. The summed E-state index contributed by atoms with van der Waals surface area (Å²) in [5, 5.41) is 6.05. The van der Waals surface area contributed by atoms with E-state index in [9.17, 15) is 9.59 Å². The van der Waals surface area contributed by atoms with Gasteiger partial charge in [-0.05, 0) is 55.9 Å². The minimum atomic E-state index is -0.103. The highest BCUT2D eigenvalue weighted by Gasteiger charge is 2.26. The standard InChI is InChI=1S/C24H29N3O2/c28-23(19-10-7-11-19)26-20-12-13-22(27-14-5-2-6-15-27)21(16-20)24(29)25-17-18-8-3-1-4-9-18/h1,3-4,8-9,12-13,16,19H,2,5-7,10-11,14-15,17H2,(H,25,29)(H,26,28). The Labute approximate surface area is 172 Å². The van der Waals surface area contributed by atoms with Gasteiger partial charge in [-0.15, -0.1) is 0 Å². The molecule has 1 heterocycles. The third-order valence-electron chi connectivity index (χ3n) is 5.98. The van der Waals surface area contributed by atoms with Crippen LogP contribution in [0.4, 0.5) is 11.4 Å². The van der Waals surface area contributed by atoms with E-state index in [-0.39, 0.29) is 17.7 Å². The number of nitrogens with zero attached hydrogens (tertiary/aromatic N) is 1. The lowest BCUT2D eigenvalue weighted by Gasteiger charge is -2.31. The average molecular weight is 392 g/mol. The van der Waals surface area contributed by atoms with Gasteiger partial charge in [0.2, 0.25) is 5.91 Å². The van der Waals surface area contributed by atoms with Crippen LogP contribution in [0.1, 0.15) is 54.4 Å². The summed E-state index contributed by atoms with van der Waals surface area (Å²) in [4.78, 5) is 27.7. The molecule has 5 nitrogen and oxygen atoms in total. The minimum Gasteiger partial charge on any atom is -0.371 e. The zero-order chi connectivity index (χ0) is 20.1. The number of hydrogen-bond acceptors (Lipinski definition) is 3. The van der Waals surface area contributed by atoms with E-state index in [0.29, 0.717) is 17.8 Å². The molecule has 0 unspecified atom stereocenters. The molecular formula is C24H29N3O2. The summed E-state index contributed by atoms with van der Waals surface area (Å²) in [5.74, 6) is 0.0823. The number of rotatable bonds is 6. The van der Waals surface area contributed by atoms with E-state index in [1.54, 1.807) is 0 Å². The Morgan fingerprint density at radius 3 is 2.38 bits per heavy atom. The molecule has 2 aromatic carbocycles. The highest BCUT2D eigenvalue weighted by atomic mass is 16.2. The van der Waals surface area contributed by atoms with E-state index >= 15 is 0 Å². The Morgan fingerprint density at radius 2 is 1.69 bits per heavy atom. The molecule has 2 amide bonds. The molecule has 2 aliphatic rings. The van der Waals surface area contributed by atoms with Crippen LogP contribution < -0.4 is 15.5 Å². The number of amides is 2. The van der Waals surface area contributed by atoms with Crippen LogP contribution in [0.25, 0.3) is 0 Å². The topological polar surface area (TPSA) is 61.4 Å². The van der Waals surface area contributed by atoms with Crippen molar-refractivity contribution >= 4 is 23.2 Å². The Balaban J connectivity index is 1.53. The first kappa shape index (κ1) is 19.5. The van der Waals surface area contributed by atoms with Crippen molar-refractivity contribution in [1.82, 2.24) is 5.32 Å². The summed E-state index contributed by atoms with van der Waals surface area (Å²) < 4.78 is 0. The molecule has 0 bridgehead atoms. The molecule has 1 aliphatic heterocycles. The largest absolute Gasteiger partial charge is 0.371 e. The molecule has 2 N–H and O–H groups in total. The summed E-state index contributed by atoms with van der Waals surface area (Å²) in [5.41, 5.74) is 3.36. The third kappa shape index (κ3) is 4.78. The van der Waals surface area contributed by atoms with E-state index in [4.69, 9.17) is 0 Å². The first-order valence-corrected chi connectivity index (χ1v) is 10.7. The van der Waals surface area contributed by atoms with Crippen LogP contribution in [0.15, 0.2) is 48.5 Å². The van der Waals surface area contributed by atoms with E-state index in [2.05, 4.69) is 15.5 Å². The number of piperidine rings is 1. The highest BCUT2D eigenvalue weighted by molar-refractivity contribution is 6.02. The van der Waals surface area contributed by atoms with Crippen molar-refractivity contribution in [2.75, 3.05) is 23.3 Å². The minimum absolute atomic E-state index is 0.0672. The summed E-state index contributed by atoms with van der Waals surface area (Å²) in [6, 6.07) is 15.7. The number of benzene rings is 2. The average Bonchev–Trinajstić information content (AvgIpc) is 2.72. The van der Waals surface area contributed by atoms with E-state index in [1.807, 2.05) is 48.5 Å². The number of carbonyl (C=O) groups is 2. The normalized spacial score (nSPS) is 16.8. The van der Waals surface area contributed by atoms with Crippen LogP contribution in [-0.2, 0) is 11.3 Å². The first-order valence-electron chi connectivity index (χ1n) is 10.7. The van der Waals surface area contributed by atoms with Gasteiger partial charge in [0.05, 0.1) is 5.56 Å². The molecule has 29 heavy (non-hydrogen) atoms. The van der Waals surface area contributed by atoms with Crippen LogP contribution in [0.5, 0.6) is 0 Å². The zero-order valence-electron chi connectivity index (χ0n) is 16.8. The van der Waals surface area contributed by atoms with Crippen molar-refractivity contribution in [3.63, 3.8) is 0 Å². The predicted molar refractivity (Wildman–Crippen MR) is 116 cm³/mol. The quantitative estimate of drug-likeness (QED) is 0.770. The second kappa shape index (κ2) is 9.12. The maximum Gasteiger partial charge on any atom is 0.253 e. The van der Waals surface area contributed by atoms with Crippen LogP contribution >= 0.6 is 0 Å². The van der Waals surface area contributed by atoms with Gasteiger partial charge in [0.25, 0.3) is 5.91 Å². The molecule has 0 atom stereocenters. The van der Waals surface area contributed by atoms with Gasteiger partial charge in [0.1, 0.15) is 0 Å². The molecule has 0 radical (unpaired) electrons. The molecule has 0 spiro atoms. The fraction of sp³-hybridized carbons (Fsp3) is 0.417. The van der Waals surface area contributed by atoms with Gasteiger partial charge in [-0.1, -0.05) is 36.8 Å². The van der Waals surface area contributed by atoms with Crippen LogP contribution in [0.2, 0.25) is 0 Å². The highest BCUT2D eigenvalue weighted by Crippen LogP contribution is 2.30. The summed E-state index contributed by atoms with van der Waals surface area (Å²) >= 11 is 0. The fourth-order valence-electron chi connectivity index (χ4n) is 3.99. The van der Waals surface area contributed by atoms with Crippen LogP contribution in [0.3, 0.4) is 0 Å².